The number of aryl methyl sites for hydroxylation is 3. The van der Waals surface area contributed by atoms with Gasteiger partial charge in [0.05, 0.1) is 11.2 Å². The molecule has 1 aliphatic carbocycles. The van der Waals surface area contributed by atoms with Crippen molar-refractivity contribution in [1.82, 2.24) is 9.55 Å². The number of pyridine rings is 2. The van der Waals surface area contributed by atoms with Gasteiger partial charge in [0.2, 0.25) is 0 Å². The second-order valence-corrected chi connectivity index (χ2v) is 8.54. The van der Waals surface area contributed by atoms with Crippen molar-refractivity contribution in [2.45, 2.75) is 44.6 Å². The summed E-state index contributed by atoms with van der Waals surface area (Å²) in [6.45, 7) is 1.58. The van der Waals surface area contributed by atoms with Gasteiger partial charge in [-0.15, -0.1) is 0 Å². The molecule has 31 heavy (non-hydrogen) atoms. The van der Waals surface area contributed by atoms with E-state index in [4.69, 9.17) is 4.74 Å². The highest BCUT2D eigenvalue weighted by Crippen LogP contribution is 2.30. The Hall–Kier alpha value is -3.33. The maximum Gasteiger partial charge on any atom is 0.252 e. The van der Waals surface area contributed by atoms with Crippen molar-refractivity contribution < 1.29 is 4.74 Å². The summed E-state index contributed by atoms with van der Waals surface area (Å²) in [7, 11) is 1.74. The first-order chi connectivity index (χ1) is 15.1. The third-order valence-electron chi connectivity index (χ3n) is 6.59. The van der Waals surface area contributed by atoms with Crippen molar-refractivity contribution in [3.8, 4) is 11.8 Å². The number of rotatable bonds is 3. The van der Waals surface area contributed by atoms with Crippen LogP contribution in [-0.2, 0) is 19.9 Å². The Morgan fingerprint density at radius 1 is 1.06 bits per heavy atom. The zero-order chi connectivity index (χ0) is 21.4. The first-order valence-electron chi connectivity index (χ1n) is 11.1. The summed E-state index contributed by atoms with van der Waals surface area (Å²) >= 11 is 0. The monoisotopic (exact) mass is 414 g/mol. The molecule has 1 aromatic carbocycles. The summed E-state index contributed by atoms with van der Waals surface area (Å²) < 4.78 is 7.90. The Balaban J connectivity index is 1.34. The highest BCUT2D eigenvalue weighted by Gasteiger charge is 2.24. The van der Waals surface area contributed by atoms with E-state index >= 15 is 0 Å². The van der Waals surface area contributed by atoms with Crippen molar-refractivity contribution in [3.05, 3.63) is 63.6 Å². The average Bonchev–Trinajstić information content (AvgIpc) is 2.81. The zero-order valence-electron chi connectivity index (χ0n) is 17.8. The fourth-order valence-corrected chi connectivity index (χ4v) is 4.81. The third kappa shape index (κ3) is 3.76. The molecule has 6 heteroatoms. The van der Waals surface area contributed by atoms with Crippen LogP contribution in [0, 0.1) is 11.3 Å². The number of nitriles is 1. The maximum atomic E-state index is 12.5. The van der Waals surface area contributed by atoms with E-state index in [0.29, 0.717) is 11.2 Å². The molecule has 3 heterocycles. The van der Waals surface area contributed by atoms with Gasteiger partial charge in [-0.05, 0) is 61.1 Å². The van der Waals surface area contributed by atoms with Crippen LogP contribution in [0.5, 0.6) is 5.75 Å². The highest BCUT2D eigenvalue weighted by atomic mass is 16.5. The largest absolute Gasteiger partial charge is 0.490 e. The van der Waals surface area contributed by atoms with Gasteiger partial charge in [-0.3, -0.25) is 4.79 Å². The fourth-order valence-electron chi connectivity index (χ4n) is 4.81. The van der Waals surface area contributed by atoms with Gasteiger partial charge in [0.25, 0.3) is 5.56 Å². The number of benzene rings is 1. The topological polar surface area (TPSA) is 71.2 Å². The van der Waals surface area contributed by atoms with Gasteiger partial charge in [0.1, 0.15) is 29.1 Å². The van der Waals surface area contributed by atoms with Crippen LogP contribution in [0.2, 0.25) is 0 Å². The lowest BCUT2D eigenvalue weighted by Gasteiger charge is -2.34. The number of ether oxygens (including phenoxy) is 1. The molecule has 0 N–H and O–H groups in total. The molecule has 0 atom stereocenters. The average molecular weight is 415 g/mol. The van der Waals surface area contributed by atoms with Gasteiger partial charge in [-0.25, -0.2) is 4.98 Å². The smallest absolute Gasteiger partial charge is 0.252 e. The van der Waals surface area contributed by atoms with E-state index in [1.165, 1.54) is 30.4 Å². The quantitative estimate of drug-likeness (QED) is 0.653. The van der Waals surface area contributed by atoms with Crippen LogP contribution in [0.25, 0.3) is 11.0 Å². The Morgan fingerprint density at radius 3 is 2.61 bits per heavy atom. The normalized spacial score (nSPS) is 16.7. The lowest BCUT2D eigenvalue weighted by molar-refractivity contribution is 0.171. The SMILES string of the molecule is Cn1c(=O)cc(N2CCC(Oc3ccc4c(c3)CCCC4)CC2)c2nc(C#N)ccc21. The van der Waals surface area contributed by atoms with Crippen molar-refractivity contribution >= 4 is 16.7 Å². The van der Waals surface area contributed by atoms with Crippen molar-refractivity contribution in [3.63, 3.8) is 0 Å². The maximum absolute atomic E-state index is 12.5. The summed E-state index contributed by atoms with van der Waals surface area (Å²) in [6.07, 6.45) is 6.81. The lowest BCUT2D eigenvalue weighted by atomic mass is 9.92. The molecule has 0 unspecified atom stereocenters. The third-order valence-corrected chi connectivity index (χ3v) is 6.59. The van der Waals surface area contributed by atoms with E-state index < -0.39 is 0 Å². The van der Waals surface area contributed by atoms with Crippen LogP contribution in [0.4, 0.5) is 5.69 Å². The molecule has 2 aliphatic rings. The van der Waals surface area contributed by atoms with Crippen molar-refractivity contribution in [2.24, 2.45) is 7.05 Å². The molecular formula is C25H26N4O2. The predicted molar refractivity (Wildman–Crippen MR) is 121 cm³/mol. The van der Waals surface area contributed by atoms with E-state index in [9.17, 15) is 10.1 Å². The second-order valence-electron chi connectivity index (χ2n) is 8.54. The standard InChI is InChI=1S/C25H26N4O2/c1-28-22-9-7-19(16-26)27-25(22)23(15-24(28)30)29-12-10-20(11-13-29)31-21-8-6-17-4-2-3-5-18(17)14-21/h6-9,14-15,20H,2-5,10-13H2,1H3. The van der Waals surface area contributed by atoms with E-state index in [1.54, 1.807) is 29.8 Å². The molecule has 1 fully saturated rings. The number of fused-ring (bicyclic) bond motifs is 2. The molecule has 0 amide bonds. The minimum absolute atomic E-state index is 0.0681. The van der Waals surface area contributed by atoms with E-state index in [1.807, 2.05) is 0 Å². The van der Waals surface area contributed by atoms with Gasteiger partial charge < -0.3 is 14.2 Å². The van der Waals surface area contributed by atoms with Gasteiger partial charge in [0.15, 0.2) is 0 Å². The summed E-state index contributed by atoms with van der Waals surface area (Å²) in [5.74, 6) is 0.971. The predicted octanol–water partition coefficient (Wildman–Crippen LogP) is 3.73. The lowest BCUT2D eigenvalue weighted by Crippen LogP contribution is -2.39. The van der Waals surface area contributed by atoms with Gasteiger partial charge in [-0.2, -0.15) is 5.26 Å². The molecular weight excluding hydrogens is 388 g/mol. The molecule has 158 valence electrons. The van der Waals surface area contributed by atoms with E-state index in [-0.39, 0.29) is 11.7 Å². The Labute approximate surface area is 181 Å². The van der Waals surface area contributed by atoms with Crippen LogP contribution in [0.1, 0.15) is 42.5 Å². The van der Waals surface area contributed by atoms with Gasteiger partial charge >= 0.3 is 0 Å². The Bertz CT molecular complexity index is 1230. The Kier molecular flexibility index (Phi) is 5.11. The molecule has 0 radical (unpaired) electrons. The molecule has 1 aliphatic heterocycles. The Morgan fingerprint density at radius 2 is 1.84 bits per heavy atom. The minimum Gasteiger partial charge on any atom is -0.490 e. The minimum atomic E-state index is -0.0681. The van der Waals surface area contributed by atoms with E-state index in [0.717, 1.165) is 49.3 Å². The number of hydrogen-bond donors (Lipinski definition) is 0. The zero-order valence-corrected chi connectivity index (χ0v) is 17.8. The second kappa shape index (κ2) is 8.07. The number of piperidine rings is 1. The van der Waals surface area contributed by atoms with Crippen LogP contribution in [-0.4, -0.2) is 28.7 Å². The molecule has 6 nitrogen and oxygen atoms in total. The number of anilines is 1. The summed E-state index contributed by atoms with van der Waals surface area (Å²) in [6, 6.07) is 13.8. The molecule has 1 saturated heterocycles. The van der Waals surface area contributed by atoms with Crippen LogP contribution < -0.4 is 15.2 Å². The van der Waals surface area contributed by atoms with Gasteiger partial charge in [-0.1, -0.05) is 6.07 Å². The molecule has 0 bridgehead atoms. The molecule has 0 saturated carbocycles. The molecule has 3 aromatic rings. The van der Waals surface area contributed by atoms with Crippen molar-refractivity contribution in [1.29, 1.82) is 5.26 Å². The molecule has 2 aromatic heterocycles. The van der Waals surface area contributed by atoms with Crippen LogP contribution in [0.3, 0.4) is 0 Å². The number of aromatic nitrogens is 2. The number of hydrogen-bond acceptors (Lipinski definition) is 5. The summed E-state index contributed by atoms with van der Waals surface area (Å²) in [5, 5.41) is 9.26. The van der Waals surface area contributed by atoms with Gasteiger partial charge in [0, 0.05) is 39.0 Å². The number of nitrogens with zero attached hydrogens (tertiary/aromatic N) is 4. The first kappa shape index (κ1) is 19.6. The van der Waals surface area contributed by atoms with Crippen LogP contribution >= 0.6 is 0 Å². The first-order valence-corrected chi connectivity index (χ1v) is 11.1. The fraction of sp³-hybridized carbons (Fsp3) is 0.400. The highest BCUT2D eigenvalue weighted by molar-refractivity contribution is 5.88. The summed E-state index contributed by atoms with van der Waals surface area (Å²) in [4.78, 5) is 19.2. The van der Waals surface area contributed by atoms with E-state index in [2.05, 4.69) is 34.2 Å². The van der Waals surface area contributed by atoms with Crippen molar-refractivity contribution in [2.75, 3.05) is 18.0 Å². The molecule has 5 rings (SSSR count). The van der Waals surface area contributed by atoms with Crippen LogP contribution in [0.15, 0.2) is 41.2 Å². The summed E-state index contributed by atoms with van der Waals surface area (Å²) in [5.41, 5.74) is 5.45. The molecule has 0 spiro atoms.